The van der Waals surface area contributed by atoms with E-state index in [0.29, 0.717) is 18.7 Å². The molecule has 2 aliphatic rings. The van der Waals surface area contributed by atoms with Crippen LogP contribution in [-0.2, 0) is 18.3 Å². The van der Waals surface area contributed by atoms with Crippen LogP contribution in [0.3, 0.4) is 0 Å². The minimum absolute atomic E-state index is 0.300. The second-order valence-corrected chi connectivity index (χ2v) is 8.05. The number of aryl methyl sites for hydroxylation is 1. The van der Waals surface area contributed by atoms with Crippen molar-refractivity contribution in [3.8, 4) is 0 Å². The van der Waals surface area contributed by atoms with E-state index in [0.717, 1.165) is 49.5 Å². The van der Waals surface area contributed by atoms with Gasteiger partial charge in [0.15, 0.2) is 11.8 Å². The Morgan fingerprint density at radius 1 is 1.22 bits per heavy atom. The van der Waals surface area contributed by atoms with Crippen LogP contribution in [0.15, 0.2) is 4.99 Å². The average Bonchev–Trinajstić information content (AvgIpc) is 3.30. The third kappa shape index (κ3) is 5.92. The molecule has 3 rings (SSSR count). The van der Waals surface area contributed by atoms with Gasteiger partial charge < -0.3 is 19.9 Å². The summed E-state index contributed by atoms with van der Waals surface area (Å²) >= 11 is 0. The van der Waals surface area contributed by atoms with E-state index in [4.69, 9.17) is 9.73 Å². The van der Waals surface area contributed by atoms with Gasteiger partial charge in [0.2, 0.25) is 0 Å². The first kappa shape index (κ1) is 20.1. The van der Waals surface area contributed by atoms with E-state index in [-0.39, 0.29) is 0 Å². The third-order valence-corrected chi connectivity index (χ3v) is 5.97. The highest BCUT2D eigenvalue weighted by Crippen LogP contribution is 2.27. The molecule has 2 N–H and O–H groups in total. The van der Waals surface area contributed by atoms with Gasteiger partial charge in [0, 0.05) is 26.2 Å². The Hall–Kier alpha value is -1.63. The molecule has 1 aliphatic heterocycles. The van der Waals surface area contributed by atoms with Gasteiger partial charge in [0.25, 0.3) is 0 Å². The zero-order valence-corrected chi connectivity index (χ0v) is 17.2. The molecule has 1 unspecified atom stereocenters. The highest BCUT2D eigenvalue weighted by Gasteiger charge is 2.22. The summed E-state index contributed by atoms with van der Waals surface area (Å²) in [5, 5.41) is 15.5. The van der Waals surface area contributed by atoms with Crippen LogP contribution >= 0.6 is 0 Å². The summed E-state index contributed by atoms with van der Waals surface area (Å²) in [6, 6.07) is 0.509. The summed E-state index contributed by atoms with van der Waals surface area (Å²) in [6.45, 7) is 6.48. The van der Waals surface area contributed by atoms with E-state index in [9.17, 15) is 0 Å². The molecule has 0 bridgehead atoms. The molecule has 0 aromatic carbocycles. The van der Waals surface area contributed by atoms with Crippen LogP contribution in [0, 0.1) is 12.8 Å². The molecular formula is C20H36N6O. The van der Waals surface area contributed by atoms with Gasteiger partial charge in [-0.15, -0.1) is 10.2 Å². The van der Waals surface area contributed by atoms with E-state index in [2.05, 4.69) is 27.8 Å². The molecule has 1 aromatic heterocycles. The number of rotatable bonds is 7. The highest BCUT2D eigenvalue weighted by atomic mass is 16.5. The fraction of sp³-hybridized carbons (Fsp3) is 0.850. The second-order valence-electron chi connectivity index (χ2n) is 8.05. The quantitative estimate of drug-likeness (QED) is 0.565. The Labute approximate surface area is 163 Å². The van der Waals surface area contributed by atoms with Gasteiger partial charge in [-0.1, -0.05) is 19.8 Å². The van der Waals surface area contributed by atoms with Crippen molar-refractivity contribution in [2.75, 3.05) is 13.2 Å². The van der Waals surface area contributed by atoms with Crippen LogP contribution in [0.5, 0.6) is 0 Å². The topological polar surface area (TPSA) is 76.4 Å². The van der Waals surface area contributed by atoms with Gasteiger partial charge in [-0.3, -0.25) is 0 Å². The van der Waals surface area contributed by atoms with Gasteiger partial charge in [-0.25, -0.2) is 4.99 Å². The predicted molar refractivity (Wildman–Crippen MR) is 108 cm³/mol. The van der Waals surface area contributed by atoms with Crippen LogP contribution in [0.4, 0.5) is 0 Å². The minimum Gasteiger partial charge on any atom is -0.376 e. The number of nitrogens with one attached hydrogen (secondary N) is 2. The Bertz CT molecular complexity index is 600. The summed E-state index contributed by atoms with van der Waals surface area (Å²) in [6.07, 6.45) is 10.4. The van der Waals surface area contributed by atoms with Crippen molar-refractivity contribution in [1.82, 2.24) is 25.4 Å². The summed E-state index contributed by atoms with van der Waals surface area (Å²) in [5.74, 6) is 3.59. The van der Waals surface area contributed by atoms with Crippen molar-refractivity contribution in [3.63, 3.8) is 0 Å². The van der Waals surface area contributed by atoms with Crippen molar-refractivity contribution < 1.29 is 4.74 Å². The molecule has 1 saturated carbocycles. The molecule has 27 heavy (non-hydrogen) atoms. The fourth-order valence-corrected chi connectivity index (χ4v) is 4.10. The van der Waals surface area contributed by atoms with Crippen molar-refractivity contribution in [2.24, 2.45) is 18.0 Å². The molecule has 1 aromatic rings. The lowest BCUT2D eigenvalue weighted by Gasteiger charge is -2.30. The Morgan fingerprint density at radius 2 is 2.04 bits per heavy atom. The first-order chi connectivity index (χ1) is 13.2. The van der Waals surface area contributed by atoms with Crippen LogP contribution in [0.2, 0.25) is 0 Å². The van der Waals surface area contributed by atoms with Gasteiger partial charge in [0.1, 0.15) is 12.4 Å². The zero-order valence-electron chi connectivity index (χ0n) is 17.2. The number of nitrogens with zero attached hydrogens (tertiary/aromatic N) is 4. The molecule has 1 saturated heterocycles. The Morgan fingerprint density at radius 3 is 2.67 bits per heavy atom. The number of hydrogen-bond donors (Lipinski definition) is 2. The van der Waals surface area contributed by atoms with Crippen molar-refractivity contribution in [3.05, 3.63) is 11.6 Å². The van der Waals surface area contributed by atoms with Gasteiger partial charge >= 0.3 is 0 Å². The summed E-state index contributed by atoms with van der Waals surface area (Å²) in [4.78, 5) is 4.79. The third-order valence-electron chi connectivity index (χ3n) is 5.97. The lowest BCUT2D eigenvalue weighted by molar-refractivity contribution is 0.113. The standard InChI is InChI=1S/C20H36N6O/c1-4-6-16-8-10-17(11-9-16)23-20(21-13-18-7-5-12-27-18)22-14-19-25-24-15(2)26(19)3/h16-18H,4-14H2,1-3H3,(H2,21,22,23). The SMILES string of the molecule is CCCC1CCC(NC(=NCc2nnc(C)n2C)NCC2CCCO2)CC1. The van der Waals surface area contributed by atoms with Crippen LogP contribution < -0.4 is 10.6 Å². The maximum absolute atomic E-state index is 5.75. The lowest BCUT2D eigenvalue weighted by atomic mass is 9.83. The van der Waals surface area contributed by atoms with E-state index in [1.807, 2.05) is 18.5 Å². The minimum atomic E-state index is 0.300. The van der Waals surface area contributed by atoms with Crippen molar-refractivity contribution in [1.29, 1.82) is 0 Å². The average molecular weight is 377 g/mol. The maximum Gasteiger partial charge on any atom is 0.192 e. The Balaban J connectivity index is 1.56. The highest BCUT2D eigenvalue weighted by molar-refractivity contribution is 5.80. The van der Waals surface area contributed by atoms with Crippen LogP contribution in [0.25, 0.3) is 0 Å². The van der Waals surface area contributed by atoms with Crippen molar-refractivity contribution >= 4 is 5.96 Å². The largest absolute Gasteiger partial charge is 0.376 e. The monoisotopic (exact) mass is 376 g/mol. The summed E-state index contributed by atoms with van der Waals surface area (Å²) in [7, 11) is 1.99. The molecule has 0 radical (unpaired) electrons. The number of aliphatic imine (C=N–C) groups is 1. The van der Waals surface area contributed by atoms with Gasteiger partial charge in [0.05, 0.1) is 6.10 Å². The molecule has 2 fully saturated rings. The molecule has 0 spiro atoms. The molecular weight excluding hydrogens is 340 g/mol. The number of ether oxygens (including phenoxy) is 1. The number of guanidine groups is 1. The second kappa shape index (κ2) is 10.1. The van der Waals surface area contributed by atoms with Crippen molar-refractivity contribution in [2.45, 2.75) is 83.9 Å². The molecule has 7 nitrogen and oxygen atoms in total. The molecule has 7 heteroatoms. The van der Waals surface area contributed by atoms with E-state index in [1.165, 1.54) is 38.5 Å². The Kier molecular flexibility index (Phi) is 7.50. The number of hydrogen-bond acceptors (Lipinski definition) is 4. The molecule has 0 amide bonds. The normalized spacial score (nSPS) is 26.3. The van der Waals surface area contributed by atoms with Crippen LogP contribution in [0.1, 0.15) is 69.9 Å². The lowest BCUT2D eigenvalue weighted by Crippen LogP contribution is -2.46. The van der Waals surface area contributed by atoms with Gasteiger partial charge in [-0.05, 0) is 51.4 Å². The zero-order chi connectivity index (χ0) is 19.1. The molecule has 2 heterocycles. The number of aromatic nitrogens is 3. The molecule has 1 aliphatic carbocycles. The molecule has 152 valence electrons. The molecule has 1 atom stereocenters. The summed E-state index contributed by atoms with van der Waals surface area (Å²) < 4.78 is 7.74. The first-order valence-electron chi connectivity index (χ1n) is 10.7. The van der Waals surface area contributed by atoms with E-state index >= 15 is 0 Å². The smallest absolute Gasteiger partial charge is 0.192 e. The fourth-order valence-electron chi connectivity index (χ4n) is 4.10. The maximum atomic E-state index is 5.75. The van der Waals surface area contributed by atoms with Gasteiger partial charge in [-0.2, -0.15) is 0 Å². The van der Waals surface area contributed by atoms with E-state index < -0.39 is 0 Å². The first-order valence-corrected chi connectivity index (χ1v) is 10.7. The predicted octanol–water partition coefficient (Wildman–Crippen LogP) is 2.70. The summed E-state index contributed by atoms with van der Waals surface area (Å²) in [5.41, 5.74) is 0. The van der Waals surface area contributed by atoms with E-state index in [1.54, 1.807) is 0 Å². The van der Waals surface area contributed by atoms with Crippen LogP contribution in [-0.4, -0.2) is 46.0 Å².